The van der Waals surface area contributed by atoms with Gasteiger partial charge in [-0.25, -0.2) is 8.78 Å². The van der Waals surface area contributed by atoms with Crippen LogP contribution in [0.2, 0.25) is 5.02 Å². The first kappa shape index (κ1) is 14.0. The van der Waals surface area contributed by atoms with Crippen molar-refractivity contribution >= 4 is 38.9 Å². The summed E-state index contributed by atoms with van der Waals surface area (Å²) in [5, 5.41) is 2.50. The molecule has 1 aromatic heterocycles. The van der Waals surface area contributed by atoms with Crippen LogP contribution in [0.4, 0.5) is 8.78 Å². The van der Waals surface area contributed by atoms with Crippen molar-refractivity contribution in [1.29, 1.82) is 0 Å². The average Bonchev–Trinajstić information content (AvgIpc) is 2.64. The van der Waals surface area contributed by atoms with Gasteiger partial charge in [0.2, 0.25) is 0 Å². The molecule has 18 heavy (non-hydrogen) atoms. The van der Waals surface area contributed by atoms with Gasteiger partial charge in [-0.3, -0.25) is 0 Å². The van der Waals surface area contributed by atoms with Crippen molar-refractivity contribution in [2.75, 3.05) is 0 Å². The molecule has 0 fully saturated rings. The molecule has 2 aromatic rings. The molecule has 0 amide bonds. The molecule has 0 nitrogen and oxygen atoms in total. The van der Waals surface area contributed by atoms with Crippen LogP contribution in [-0.4, -0.2) is 0 Å². The molecule has 0 aliphatic heterocycles. The molecule has 0 N–H and O–H groups in total. The number of benzene rings is 1. The van der Waals surface area contributed by atoms with E-state index in [1.54, 1.807) is 0 Å². The first-order chi connectivity index (χ1) is 8.41. The molecule has 5 heteroatoms. The Bertz CT molecular complexity index is 595. The van der Waals surface area contributed by atoms with Gasteiger partial charge in [0.1, 0.15) is 11.6 Å². The van der Waals surface area contributed by atoms with E-state index in [0.717, 1.165) is 10.4 Å². The molecule has 1 heterocycles. The van der Waals surface area contributed by atoms with Crippen LogP contribution in [0.5, 0.6) is 0 Å². The molecule has 96 valence electrons. The zero-order valence-electron chi connectivity index (χ0n) is 9.73. The number of halogens is 4. The van der Waals surface area contributed by atoms with Gasteiger partial charge in [-0.15, -0.1) is 11.3 Å². The zero-order chi connectivity index (χ0) is 13.4. The molecule has 0 aliphatic carbocycles. The number of aryl methyl sites for hydroxylation is 2. The first-order valence-electron chi connectivity index (χ1n) is 5.25. The van der Waals surface area contributed by atoms with Crippen molar-refractivity contribution in [1.82, 2.24) is 0 Å². The minimum Gasteiger partial charge on any atom is -0.207 e. The number of alkyl halides is 1. The van der Waals surface area contributed by atoms with Crippen molar-refractivity contribution in [3.63, 3.8) is 0 Å². The van der Waals surface area contributed by atoms with Crippen LogP contribution in [0, 0.1) is 25.5 Å². The van der Waals surface area contributed by atoms with Crippen molar-refractivity contribution in [3.05, 3.63) is 55.7 Å². The van der Waals surface area contributed by atoms with E-state index in [1.807, 2.05) is 12.3 Å². The normalized spacial score (nSPS) is 12.8. The van der Waals surface area contributed by atoms with E-state index in [2.05, 4.69) is 15.9 Å². The van der Waals surface area contributed by atoms with E-state index >= 15 is 0 Å². The lowest BCUT2D eigenvalue weighted by atomic mass is 10.1. The standard InChI is InChI=1S/C13H10BrClF2S/c1-6-3-10(17)8(4-9(6)16)11(14)13-12(15)7(2)5-18-13/h3-5,11H,1-2H3. The molecule has 0 saturated heterocycles. The van der Waals surface area contributed by atoms with Gasteiger partial charge in [0.15, 0.2) is 0 Å². The number of hydrogen-bond acceptors (Lipinski definition) is 1. The summed E-state index contributed by atoms with van der Waals surface area (Å²) in [7, 11) is 0. The quantitative estimate of drug-likeness (QED) is 0.602. The van der Waals surface area contributed by atoms with Crippen LogP contribution in [0.25, 0.3) is 0 Å². The molecule has 0 radical (unpaired) electrons. The molecule has 0 bridgehead atoms. The van der Waals surface area contributed by atoms with Crippen molar-refractivity contribution in [2.24, 2.45) is 0 Å². The summed E-state index contributed by atoms with van der Waals surface area (Å²) in [6.45, 7) is 3.42. The molecule has 0 spiro atoms. The Hall–Kier alpha value is -0.450. The van der Waals surface area contributed by atoms with Gasteiger partial charge < -0.3 is 0 Å². The van der Waals surface area contributed by atoms with Crippen LogP contribution < -0.4 is 0 Å². The molecular formula is C13H10BrClF2S. The summed E-state index contributed by atoms with van der Waals surface area (Å²) in [4.78, 5) is 0.357. The van der Waals surface area contributed by atoms with E-state index in [4.69, 9.17) is 11.6 Å². The van der Waals surface area contributed by atoms with Gasteiger partial charge in [-0.05, 0) is 42.5 Å². The summed E-state index contributed by atoms with van der Waals surface area (Å²) >= 11 is 11.0. The maximum absolute atomic E-state index is 13.9. The van der Waals surface area contributed by atoms with Crippen molar-refractivity contribution in [3.8, 4) is 0 Å². The van der Waals surface area contributed by atoms with Crippen LogP contribution in [0.3, 0.4) is 0 Å². The highest BCUT2D eigenvalue weighted by Gasteiger charge is 2.21. The SMILES string of the molecule is Cc1cc(F)c(C(Br)c2scc(C)c2Cl)cc1F. The van der Waals surface area contributed by atoms with Gasteiger partial charge in [0.25, 0.3) is 0 Å². The third-order valence-corrected chi connectivity index (χ3v) is 5.74. The van der Waals surface area contributed by atoms with Gasteiger partial charge in [0.05, 0.1) is 9.85 Å². The van der Waals surface area contributed by atoms with E-state index in [9.17, 15) is 8.78 Å². The second-order valence-corrected chi connectivity index (χ2v) is 6.29. The van der Waals surface area contributed by atoms with E-state index < -0.39 is 16.5 Å². The van der Waals surface area contributed by atoms with Crippen LogP contribution in [0.1, 0.15) is 26.4 Å². The van der Waals surface area contributed by atoms with Crippen molar-refractivity contribution < 1.29 is 8.78 Å². The maximum Gasteiger partial charge on any atom is 0.128 e. The third-order valence-electron chi connectivity index (χ3n) is 2.71. The number of hydrogen-bond donors (Lipinski definition) is 0. The van der Waals surface area contributed by atoms with Gasteiger partial charge in [-0.1, -0.05) is 27.5 Å². The Labute approximate surface area is 122 Å². The van der Waals surface area contributed by atoms with E-state index in [-0.39, 0.29) is 5.56 Å². The fourth-order valence-electron chi connectivity index (χ4n) is 1.62. The minimum absolute atomic E-state index is 0.266. The second-order valence-electron chi connectivity index (χ2n) is 4.08. The Balaban J connectivity index is 2.49. The lowest BCUT2D eigenvalue weighted by Crippen LogP contribution is -1.98. The summed E-state index contributed by atoms with van der Waals surface area (Å²) in [5.41, 5.74) is 1.50. The summed E-state index contributed by atoms with van der Waals surface area (Å²) in [5.74, 6) is -0.849. The zero-order valence-corrected chi connectivity index (χ0v) is 12.9. The Morgan fingerprint density at radius 1 is 1.17 bits per heavy atom. The fraction of sp³-hybridized carbons (Fsp3) is 0.231. The number of thiophene rings is 1. The Morgan fingerprint density at radius 2 is 1.83 bits per heavy atom. The van der Waals surface area contributed by atoms with Crippen LogP contribution in [0.15, 0.2) is 17.5 Å². The third kappa shape index (κ3) is 2.46. The molecule has 1 aromatic carbocycles. The summed E-state index contributed by atoms with van der Waals surface area (Å²) in [6, 6.07) is 2.42. The van der Waals surface area contributed by atoms with E-state index in [0.29, 0.717) is 10.6 Å². The largest absolute Gasteiger partial charge is 0.207 e. The van der Waals surface area contributed by atoms with Crippen LogP contribution in [-0.2, 0) is 0 Å². The molecule has 1 atom stereocenters. The molecule has 0 aliphatic rings. The first-order valence-corrected chi connectivity index (χ1v) is 7.42. The maximum atomic E-state index is 13.9. The van der Waals surface area contributed by atoms with Crippen LogP contribution >= 0.6 is 38.9 Å². The lowest BCUT2D eigenvalue weighted by Gasteiger charge is -2.11. The topological polar surface area (TPSA) is 0 Å². The second kappa shape index (κ2) is 5.27. The predicted octanol–water partition coefficient (Wildman–Crippen LogP) is 5.78. The monoisotopic (exact) mass is 350 g/mol. The molecule has 0 saturated carbocycles. The van der Waals surface area contributed by atoms with Gasteiger partial charge in [-0.2, -0.15) is 0 Å². The molecule has 2 rings (SSSR count). The predicted molar refractivity (Wildman–Crippen MR) is 75.9 cm³/mol. The smallest absolute Gasteiger partial charge is 0.128 e. The highest BCUT2D eigenvalue weighted by atomic mass is 79.9. The molecular weight excluding hydrogens is 342 g/mol. The van der Waals surface area contributed by atoms with Crippen molar-refractivity contribution in [2.45, 2.75) is 18.7 Å². The van der Waals surface area contributed by atoms with E-state index in [1.165, 1.54) is 30.4 Å². The summed E-state index contributed by atoms with van der Waals surface area (Å²) in [6.07, 6.45) is 0. The Morgan fingerprint density at radius 3 is 2.39 bits per heavy atom. The van der Waals surface area contributed by atoms with Gasteiger partial charge in [0, 0.05) is 10.4 Å². The number of rotatable bonds is 2. The minimum atomic E-state index is -0.433. The average molecular weight is 352 g/mol. The Kier molecular flexibility index (Phi) is 4.09. The summed E-state index contributed by atoms with van der Waals surface area (Å²) < 4.78 is 27.4. The molecule has 1 unspecified atom stereocenters. The lowest BCUT2D eigenvalue weighted by molar-refractivity contribution is 0.581. The fourth-order valence-corrected chi connectivity index (χ4v) is 3.95. The van der Waals surface area contributed by atoms with Gasteiger partial charge >= 0.3 is 0 Å². The highest BCUT2D eigenvalue weighted by molar-refractivity contribution is 9.09. The highest BCUT2D eigenvalue weighted by Crippen LogP contribution is 2.41.